The van der Waals surface area contributed by atoms with E-state index in [4.69, 9.17) is 0 Å². The van der Waals surface area contributed by atoms with Crippen LogP contribution in [-0.2, 0) is 16.3 Å². The largest absolute Gasteiger partial charge is 0.356 e. The maximum atomic E-state index is 11.4. The van der Waals surface area contributed by atoms with Crippen molar-refractivity contribution in [2.24, 2.45) is 4.99 Å². The van der Waals surface area contributed by atoms with E-state index in [1.54, 1.807) is 7.05 Å². The van der Waals surface area contributed by atoms with E-state index in [1.807, 2.05) is 0 Å². The summed E-state index contributed by atoms with van der Waals surface area (Å²) in [5, 5.41) is 6.63. The van der Waals surface area contributed by atoms with E-state index in [1.165, 1.54) is 16.7 Å². The molecular formula is C18H30N4O2S. The van der Waals surface area contributed by atoms with Gasteiger partial charge in [-0.05, 0) is 25.8 Å². The van der Waals surface area contributed by atoms with Crippen LogP contribution in [0.1, 0.15) is 16.7 Å². The molecule has 6 nitrogen and oxygen atoms in total. The zero-order chi connectivity index (χ0) is 18.3. The van der Waals surface area contributed by atoms with Crippen molar-refractivity contribution < 1.29 is 8.42 Å². The summed E-state index contributed by atoms with van der Waals surface area (Å²) >= 11 is 0. The number of aliphatic imine (C=N–C) groups is 1. The summed E-state index contributed by atoms with van der Waals surface area (Å²) in [6, 6.07) is 6.62. The zero-order valence-electron chi connectivity index (χ0n) is 15.5. The first-order valence-electron chi connectivity index (χ1n) is 8.82. The standard InChI is InChI=1S/C18H30N4O2S/c1-15-12-16(2)14-17(13-15)4-5-20-18(19-3)21-6-7-22-8-10-25(23,24)11-9-22/h12-14H,4-11H2,1-3H3,(H2,19,20,21). The minimum absolute atomic E-state index is 0.274. The predicted molar refractivity (Wildman–Crippen MR) is 104 cm³/mol. The SMILES string of the molecule is CN=C(NCCc1cc(C)cc(C)c1)NCCN1CCS(=O)(=O)CC1. The third-order valence-electron chi connectivity index (χ3n) is 4.37. The van der Waals surface area contributed by atoms with Crippen LogP contribution < -0.4 is 10.6 Å². The van der Waals surface area contributed by atoms with E-state index in [-0.39, 0.29) is 11.5 Å². The fourth-order valence-electron chi connectivity index (χ4n) is 3.07. The van der Waals surface area contributed by atoms with Gasteiger partial charge in [0.25, 0.3) is 0 Å². The average Bonchev–Trinajstić information content (AvgIpc) is 2.54. The van der Waals surface area contributed by atoms with E-state index in [2.05, 4.69) is 52.6 Å². The molecule has 140 valence electrons. The Bertz CT molecular complexity index is 667. The molecule has 0 aromatic heterocycles. The van der Waals surface area contributed by atoms with Crippen LogP contribution in [0.2, 0.25) is 0 Å². The highest BCUT2D eigenvalue weighted by atomic mass is 32.2. The first-order chi connectivity index (χ1) is 11.9. The molecule has 0 amide bonds. The molecule has 1 saturated heterocycles. The number of benzene rings is 1. The van der Waals surface area contributed by atoms with Crippen LogP contribution in [-0.4, -0.2) is 70.6 Å². The van der Waals surface area contributed by atoms with Gasteiger partial charge in [-0.25, -0.2) is 8.42 Å². The summed E-state index contributed by atoms with van der Waals surface area (Å²) in [6.07, 6.45) is 0.952. The Morgan fingerprint density at radius 2 is 1.68 bits per heavy atom. The van der Waals surface area contributed by atoms with Crippen LogP contribution in [0, 0.1) is 13.8 Å². The van der Waals surface area contributed by atoms with Crippen molar-refractivity contribution in [2.45, 2.75) is 20.3 Å². The molecule has 7 heteroatoms. The average molecular weight is 367 g/mol. The lowest BCUT2D eigenvalue weighted by Gasteiger charge is -2.26. The second-order valence-corrected chi connectivity index (χ2v) is 8.97. The lowest BCUT2D eigenvalue weighted by atomic mass is 10.1. The van der Waals surface area contributed by atoms with Gasteiger partial charge in [0.05, 0.1) is 11.5 Å². The van der Waals surface area contributed by atoms with Gasteiger partial charge in [0.2, 0.25) is 0 Å². The highest BCUT2D eigenvalue weighted by molar-refractivity contribution is 7.91. The molecule has 0 unspecified atom stereocenters. The topological polar surface area (TPSA) is 73.8 Å². The highest BCUT2D eigenvalue weighted by Gasteiger charge is 2.20. The van der Waals surface area contributed by atoms with Gasteiger partial charge < -0.3 is 10.6 Å². The fourth-order valence-corrected chi connectivity index (χ4v) is 4.34. The Labute approximate surface area is 151 Å². The first-order valence-corrected chi connectivity index (χ1v) is 10.6. The molecule has 2 N–H and O–H groups in total. The van der Waals surface area contributed by atoms with E-state index in [0.29, 0.717) is 13.1 Å². The molecule has 1 aromatic carbocycles. The van der Waals surface area contributed by atoms with Crippen molar-refractivity contribution in [3.8, 4) is 0 Å². The van der Waals surface area contributed by atoms with Crippen molar-refractivity contribution in [2.75, 3.05) is 51.3 Å². The Kier molecular flexibility index (Phi) is 7.25. The van der Waals surface area contributed by atoms with Gasteiger partial charge in [-0.1, -0.05) is 29.3 Å². The van der Waals surface area contributed by atoms with Crippen molar-refractivity contribution in [3.05, 3.63) is 34.9 Å². The van der Waals surface area contributed by atoms with E-state index < -0.39 is 9.84 Å². The quantitative estimate of drug-likeness (QED) is 0.574. The van der Waals surface area contributed by atoms with Crippen LogP contribution in [0.3, 0.4) is 0 Å². The molecule has 0 bridgehead atoms. The smallest absolute Gasteiger partial charge is 0.191 e. The fraction of sp³-hybridized carbons (Fsp3) is 0.611. The van der Waals surface area contributed by atoms with E-state index >= 15 is 0 Å². The Balaban J connectivity index is 1.67. The molecule has 1 aliphatic heterocycles. The monoisotopic (exact) mass is 366 g/mol. The molecule has 0 aliphatic carbocycles. The molecule has 25 heavy (non-hydrogen) atoms. The number of rotatable bonds is 6. The maximum absolute atomic E-state index is 11.4. The second kappa shape index (κ2) is 9.20. The summed E-state index contributed by atoms with van der Waals surface area (Å²) in [7, 11) is -1.04. The first kappa shape index (κ1) is 19.7. The molecule has 1 aromatic rings. The number of nitrogens with one attached hydrogen (secondary N) is 2. The summed E-state index contributed by atoms with van der Waals surface area (Å²) < 4.78 is 22.9. The summed E-state index contributed by atoms with van der Waals surface area (Å²) in [5.74, 6) is 1.33. The minimum Gasteiger partial charge on any atom is -0.356 e. The second-order valence-electron chi connectivity index (χ2n) is 6.67. The molecule has 0 radical (unpaired) electrons. The number of hydrogen-bond acceptors (Lipinski definition) is 4. The van der Waals surface area contributed by atoms with Crippen LogP contribution in [0.25, 0.3) is 0 Å². The summed E-state index contributed by atoms with van der Waals surface area (Å²) in [4.78, 5) is 6.42. The third kappa shape index (κ3) is 7.04. The van der Waals surface area contributed by atoms with Crippen LogP contribution in [0.4, 0.5) is 0 Å². The van der Waals surface area contributed by atoms with Crippen LogP contribution in [0.5, 0.6) is 0 Å². The van der Waals surface area contributed by atoms with Gasteiger partial charge in [-0.2, -0.15) is 0 Å². The van der Waals surface area contributed by atoms with E-state index in [0.717, 1.165) is 32.0 Å². The molecular weight excluding hydrogens is 336 g/mol. The summed E-state index contributed by atoms with van der Waals surface area (Å²) in [6.45, 7) is 7.90. The lowest BCUT2D eigenvalue weighted by molar-refractivity contribution is 0.299. The number of aryl methyl sites for hydroxylation is 2. The maximum Gasteiger partial charge on any atom is 0.191 e. The number of sulfone groups is 1. The molecule has 1 heterocycles. The van der Waals surface area contributed by atoms with Gasteiger partial charge in [-0.3, -0.25) is 9.89 Å². The number of guanidine groups is 1. The molecule has 0 spiro atoms. The van der Waals surface area contributed by atoms with Gasteiger partial charge in [-0.15, -0.1) is 0 Å². The van der Waals surface area contributed by atoms with Gasteiger partial charge in [0.15, 0.2) is 15.8 Å². The van der Waals surface area contributed by atoms with Gasteiger partial charge in [0.1, 0.15) is 0 Å². The van der Waals surface area contributed by atoms with Gasteiger partial charge >= 0.3 is 0 Å². The molecule has 2 rings (SSSR count). The Morgan fingerprint density at radius 3 is 2.28 bits per heavy atom. The zero-order valence-corrected chi connectivity index (χ0v) is 16.3. The normalized spacial score (nSPS) is 18.1. The Hall–Kier alpha value is -1.60. The predicted octanol–water partition coefficient (Wildman–Crippen LogP) is 0.741. The van der Waals surface area contributed by atoms with Crippen LogP contribution >= 0.6 is 0 Å². The van der Waals surface area contributed by atoms with Gasteiger partial charge in [0, 0.05) is 39.8 Å². The van der Waals surface area contributed by atoms with Crippen molar-refractivity contribution >= 4 is 15.8 Å². The highest BCUT2D eigenvalue weighted by Crippen LogP contribution is 2.09. The van der Waals surface area contributed by atoms with Crippen molar-refractivity contribution in [3.63, 3.8) is 0 Å². The molecule has 0 saturated carbocycles. The minimum atomic E-state index is -2.80. The summed E-state index contributed by atoms with van der Waals surface area (Å²) in [5.41, 5.74) is 3.91. The van der Waals surface area contributed by atoms with Crippen molar-refractivity contribution in [1.29, 1.82) is 0 Å². The number of hydrogen-bond donors (Lipinski definition) is 2. The third-order valence-corrected chi connectivity index (χ3v) is 5.98. The molecule has 1 aliphatic rings. The molecule has 0 atom stereocenters. The molecule has 1 fully saturated rings. The van der Waals surface area contributed by atoms with Crippen molar-refractivity contribution in [1.82, 2.24) is 15.5 Å². The lowest BCUT2D eigenvalue weighted by Crippen LogP contribution is -2.46. The van der Waals surface area contributed by atoms with Crippen LogP contribution in [0.15, 0.2) is 23.2 Å². The Morgan fingerprint density at radius 1 is 1.08 bits per heavy atom. The van der Waals surface area contributed by atoms with E-state index in [9.17, 15) is 8.42 Å². The number of nitrogens with zero attached hydrogens (tertiary/aromatic N) is 2.